The summed E-state index contributed by atoms with van der Waals surface area (Å²) in [5.41, 5.74) is 2.80. The lowest BCUT2D eigenvalue weighted by molar-refractivity contribution is -0.143. The van der Waals surface area contributed by atoms with Crippen LogP contribution in [0, 0.1) is 12.7 Å². The lowest BCUT2D eigenvalue weighted by Gasteiger charge is -2.33. The average Bonchev–Trinajstić information content (AvgIpc) is 2.92. The molecule has 0 heterocycles. The maximum Gasteiger partial charge on any atom is 0.261 e. The first-order valence-electron chi connectivity index (χ1n) is 13.1. The first-order valence-corrected chi connectivity index (χ1v) is 13.1. The van der Waals surface area contributed by atoms with Crippen molar-refractivity contribution in [3.05, 3.63) is 101 Å². The molecule has 0 radical (unpaired) electrons. The fourth-order valence-corrected chi connectivity index (χ4v) is 4.75. The molecule has 0 unspecified atom stereocenters. The summed E-state index contributed by atoms with van der Waals surface area (Å²) in [7, 11) is 0. The molecule has 1 fully saturated rings. The maximum atomic E-state index is 13.7. The van der Waals surface area contributed by atoms with Crippen molar-refractivity contribution in [2.24, 2.45) is 0 Å². The molecule has 0 aliphatic heterocycles. The fourth-order valence-electron chi connectivity index (χ4n) is 4.75. The number of nitrogens with one attached hydrogen (secondary N) is 1. The Bertz CT molecular complexity index is 1140. The van der Waals surface area contributed by atoms with Crippen LogP contribution in [0.3, 0.4) is 0 Å². The van der Waals surface area contributed by atoms with E-state index in [9.17, 15) is 14.0 Å². The molecule has 1 saturated carbocycles. The van der Waals surface area contributed by atoms with Crippen molar-refractivity contribution in [2.45, 2.75) is 64.1 Å². The minimum Gasteiger partial charge on any atom is -0.484 e. The van der Waals surface area contributed by atoms with Gasteiger partial charge in [0.2, 0.25) is 5.91 Å². The molecule has 0 saturated heterocycles. The second-order valence-electron chi connectivity index (χ2n) is 9.80. The number of carbonyl (C=O) groups excluding carboxylic acids is 2. The van der Waals surface area contributed by atoms with E-state index >= 15 is 0 Å². The third-order valence-corrected chi connectivity index (χ3v) is 6.87. The van der Waals surface area contributed by atoms with Gasteiger partial charge in [0.15, 0.2) is 6.61 Å². The number of benzene rings is 3. The van der Waals surface area contributed by atoms with E-state index in [0.29, 0.717) is 12.2 Å². The highest BCUT2D eigenvalue weighted by molar-refractivity contribution is 5.88. The lowest BCUT2D eigenvalue weighted by Crippen LogP contribution is -2.53. The summed E-state index contributed by atoms with van der Waals surface area (Å²) in [6.07, 6.45) is 5.65. The predicted molar refractivity (Wildman–Crippen MR) is 143 cm³/mol. The van der Waals surface area contributed by atoms with Gasteiger partial charge < -0.3 is 15.0 Å². The summed E-state index contributed by atoms with van der Waals surface area (Å²) in [5.74, 6) is -0.224. The minimum atomic E-state index is -0.733. The molecular weight excluding hydrogens is 467 g/mol. The molecule has 4 rings (SSSR count). The summed E-state index contributed by atoms with van der Waals surface area (Å²) >= 11 is 0. The Morgan fingerprint density at radius 1 is 0.919 bits per heavy atom. The first-order chi connectivity index (χ1) is 18.0. The van der Waals surface area contributed by atoms with Gasteiger partial charge in [-0.25, -0.2) is 4.39 Å². The van der Waals surface area contributed by atoms with E-state index in [-0.39, 0.29) is 36.8 Å². The van der Waals surface area contributed by atoms with Crippen LogP contribution in [0.1, 0.15) is 48.8 Å². The van der Waals surface area contributed by atoms with Crippen molar-refractivity contribution in [2.75, 3.05) is 6.61 Å². The smallest absolute Gasteiger partial charge is 0.261 e. The Labute approximate surface area is 218 Å². The largest absolute Gasteiger partial charge is 0.484 e. The monoisotopic (exact) mass is 502 g/mol. The van der Waals surface area contributed by atoms with Gasteiger partial charge in [0.05, 0.1) is 0 Å². The van der Waals surface area contributed by atoms with E-state index < -0.39 is 6.04 Å². The molecule has 0 spiro atoms. The second kappa shape index (κ2) is 13.0. The number of amides is 2. The fraction of sp³-hybridized carbons (Fsp3) is 0.355. The molecule has 0 bridgehead atoms. The van der Waals surface area contributed by atoms with Gasteiger partial charge in [-0.05, 0) is 55.2 Å². The van der Waals surface area contributed by atoms with Gasteiger partial charge in [0, 0.05) is 19.0 Å². The molecule has 1 N–H and O–H groups in total. The zero-order chi connectivity index (χ0) is 26.0. The van der Waals surface area contributed by atoms with E-state index in [1.54, 1.807) is 17.0 Å². The predicted octanol–water partition coefficient (Wildman–Crippen LogP) is 5.60. The van der Waals surface area contributed by atoms with Gasteiger partial charge in [-0.2, -0.15) is 0 Å². The van der Waals surface area contributed by atoms with Crippen molar-refractivity contribution >= 4 is 11.8 Å². The normalized spacial score (nSPS) is 14.5. The molecular formula is C31H35FN2O3. The maximum absolute atomic E-state index is 13.7. The van der Waals surface area contributed by atoms with Gasteiger partial charge in [-0.15, -0.1) is 0 Å². The quantitative estimate of drug-likeness (QED) is 0.393. The Hall–Kier alpha value is -3.67. The van der Waals surface area contributed by atoms with Crippen LogP contribution in [0.15, 0.2) is 78.9 Å². The summed E-state index contributed by atoms with van der Waals surface area (Å²) in [6, 6.07) is 22.6. The lowest BCUT2D eigenvalue weighted by atomic mass is 9.94. The Kier molecular flexibility index (Phi) is 9.30. The van der Waals surface area contributed by atoms with Gasteiger partial charge in [-0.3, -0.25) is 9.59 Å². The van der Waals surface area contributed by atoms with E-state index in [4.69, 9.17) is 4.74 Å². The number of carbonyl (C=O) groups is 2. The molecule has 6 heteroatoms. The number of ether oxygens (including phenoxy) is 1. The van der Waals surface area contributed by atoms with E-state index in [0.717, 1.165) is 42.4 Å². The molecule has 5 nitrogen and oxygen atoms in total. The molecule has 194 valence electrons. The molecule has 3 aromatic rings. The summed E-state index contributed by atoms with van der Waals surface area (Å²) < 4.78 is 19.4. The van der Waals surface area contributed by atoms with Gasteiger partial charge in [-0.1, -0.05) is 79.4 Å². The topological polar surface area (TPSA) is 58.6 Å². The zero-order valence-electron chi connectivity index (χ0n) is 21.4. The van der Waals surface area contributed by atoms with Crippen LogP contribution < -0.4 is 10.1 Å². The summed E-state index contributed by atoms with van der Waals surface area (Å²) in [4.78, 5) is 28.9. The molecule has 37 heavy (non-hydrogen) atoms. The van der Waals surface area contributed by atoms with Gasteiger partial charge in [0.1, 0.15) is 17.6 Å². The highest BCUT2D eigenvalue weighted by atomic mass is 19.1. The van der Waals surface area contributed by atoms with Crippen LogP contribution in [-0.2, 0) is 22.6 Å². The molecule has 3 aromatic carbocycles. The van der Waals surface area contributed by atoms with Gasteiger partial charge >= 0.3 is 0 Å². The third kappa shape index (κ3) is 7.91. The first kappa shape index (κ1) is 26.4. The van der Waals surface area contributed by atoms with Gasteiger partial charge in [0.25, 0.3) is 5.91 Å². The number of hydrogen-bond acceptors (Lipinski definition) is 3. The standard InChI is InChI=1S/C31H35FN2O3/c1-23-12-18-28(19-13-23)37-22-30(35)34(21-25-14-16-26(32)17-15-25)29(20-24-8-4-2-5-9-24)31(36)33-27-10-6-3-7-11-27/h2,4-5,8-9,12-19,27,29H,3,6-7,10-11,20-22H2,1H3,(H,33,36)/t29-/m0/s1. The number of halogens is 1. The molecule has 1 aliphatic rings. The molecule has 2 amide bonds. The van der Waals surface area contributed by atoms with Crippen molar-refractivity contribution < 1.29 is 18.7 Å². The Morgan fingerprint density at radius 2 is 1.59 bits per heavy atom. The third-order valence-electron chi connectivity index (χ3n) is 6.87. The number of rotatable bonds is 10. The highest BCUT2D eigenvalue weighted by Crippen LogP contribution is 2.20. The highest BCUT2D eigenvalue weighted by Gasteiger charge is 2.32. The minimum absolute atomic E-state index is 0.117. The average molecular weight is 503 g/mol. The number of hydrogen-bond donors (Lipinski definition) is 1. The van der Waals surface area contributed by atoms with Crippen LogP contribution in [0.4, 0.5) is 4.39 Å². The van der Waals surface area contributed by atoms with Crippen molar-refractivity contribution in [3.8, 4) is 5.75 Å². The van der Waals surface area contributed by atoms with Crippen molar-refractivity contribution in [1.82, 2.24) is 10.2 Å². The van der Waals surface area contributed by atoms with E-state index in [1.165, 1.54) is 18.6 Å². The molecule has 0 aromatic heterocycles. The van der Waals surface area contributed by atoms with Crippen LogP contribution in [0.2, 0.25) is 0 Å². The van der Waals surface area contributed by atoms with Crippen LogP contribution in [0.25, 0.3) is 0 Å². The molecule has 1 atom stereocenters. The Morgan fingerprint density at radius 3 is 2.27 bits per heavy atom. The molecule has 1 aliphatic carbocycles. The SMILES string of the molecule is Cc1ccc(OCC(=O)N(Cc2ccc(F)cc2)[C@@H](Cc2ccccc2)C(=O)NC2CCCCC2)cc1. The zero-order valence-corrected chi connectivity index (χ0v) is 21.4. The van der Waals surface area contributed by atoms with Crippen LogP contribution >= 0.6 is 0 Å². The summed E-state index contributed by atoms with van der Waals surface area (Å²) in [6.45, 7) is 1.96. The number of aryl methyl sites for hydroxylation is 1. The number of nitrogens with zero attached hydrogens (tertiary/aromatic N) is 1. The van der Waals surface area contributed by atoms with E-state index in [1.807, 2.05) is 61.5 Å². The van der Waals surface area contributed by atoms with Crippen LogP contribution in [-0.4, -0.2) is 35.4 Å². The van der Waals surface area contributed by atoms with E-state index in [2.05, 4.69) is 5.32 Å². The van der Waals surface area contributed by atoms with Crippen molar-refractivity contribution in [3.63, 3.8) is 0 Å². The summed E-state index contributed by atoms with van der Waals surface area (Å²) in [5, 5.41) is 3.22. The van der Waals surface area contributed by atoms with Crippen LogP contribution in [0.5, 0.6) is 5.75 Å². The van der Waals surface area contributed by atoms with Crippen molar-refractivity contribution in [1.29, 1.82) is 0 Å². The Balaban J connectivity index is 1.59. The second-order valence-corrected chi connectivity index (χ2v) is 9.80.